The van der Waals surface area contributed by atoms with Crippen molar-refractivity contribution in [1.82, 2.24) is 4.98 Å². The molecule has 108 valence electrons. The van der Waals surface area contributed by atoms with Gasteiger partial charge in [0.15, 0.2) is 0 Å². The van der Waals surface area contributed by atoms with Crippen LogP contribution in [0.4, 0.5) is 5.82 Å². The zero-order chi connectivity index (χ0) is 13.9. The van der Waals surface area contributed by atoms with Gasteiger partial charge in [0.05, 0.1) is 0 Å². The summed E-state index contributed by atoms with van der Waals surface area (Å²) in [5.74, 6) is -0.134. The first-order valence-corrected chi connectivity index (χ1v) is 7.77. The Labute approximate surface area is 119 Å². The molecular formula is C16H22N2O2. The zero-order valence-electron chi connectivity index (χ0n) is 11.9. The number of nitrogens with zero attached hydrogens (tertiary/aromatic N) is 2. The average Bonchev–Trinajstić information content (AvgIpc) is 2.74. The van der Waals surface area contributed by atoms with Gasteiger partial charge in [-0.15, -0.1) is 0 Å². The van der Waals surface area contributed by atoms with Crippen molar-refractivity contribution < 1.29 is 9.90 Å². The summed E-state index contributed by atoms with van der Waals surface area (Å²) in [6.45, 7) is 1.87. The van der Waals surface area contributed by atoms with Crippen molar-refractivity contribution in [3.05, 3.63) is 22.9 Å². The van der Waals surface area contributed by atoms with E-state index in [2.05, 4.69) is 4.90 Å². The molecule has 1 saturated heterocycles. The Hall–Kier alpha value is -1.58. The predicted molar refractivity (Wildman–Crippen MR) is 78.5 cm³/mol. The normalized spacial score (nSPS) is 19.3. The molecule has 0 unspecified atom stereocenters. The molecule has 1 aliphatic carbocycles. The lowest BCUT2D eigenvalue weighted by Crippen LogP contribution is -2.28. The molecule has 0 radical (unpaired) electrons. The highest BCUT2D eigenvalue weighted by atomic mass is 16.4. The number of aromatic nitrogens is 1. The molecule has 0 aromatic carbocycles. The Kier molecular flexibility index (Phi) is 3.90. The first kappa shape index (κ1) is 13.4. The van der Waals surface area contributed by atoms with E-state index in [1.54, 1.807) is 0 Å². The van der Waals surface area contributed by atoms with Crippen LogP contribution in [-0.2, 0) is 12.8 Å². The topological polar surface area (TPSA) is 53.4 Å². The molecule has 2 heterocycles. The number of carboxylic acid groups (broad SMARTS) is 1. The molecule has 20 heavy (non-hydrogen) atoms. The minimum Gasteiger partial charge on any atom is -0.478 e. The third kappa shape index (κ3) is 2.65. The van der Waals surface area contributed by atoms with E-state index in [1.807, 2.05) is 6.07 Å². The number of fused-ring (bicyclic) bond motifs is 1. The van der Waals surface area contributed by atoms with Gasteiger partial charge >= 0.3 is 5.97 Å². The second kappa shape index (κ2) is 5.81. The molecule has 4 heteroatoms. The van der Waals surface area contributed by atoms with Crippen LogP contribution in [0.25, 0.3) is 0 Å². The van der Waals surface area contributed by atoms with Crippen molar-refractivity contribution in [2.45, 2.75) is 51.4 Å². The van der Waals surface area contributed by atoms with Gasteiger partial charge in [0.25, 0.3) is 0 Å². The average molecular weight is 274 g/mol. The summed E-state index contributed by atoms with van der Waals surface area (Å²) in [5, 5.41) is 9.50. The van der Waals surface area contributed by atoms with Crippen LogP contribution in [0, 0.1) is 0 Å². The van der Waals surface area contributed by atoms with Crippen molar-refractivity contribution in [2.75, 3.05) is 18.0 Å². The molecule has 2 aliphatic rings. The lowest BCUT2D eigenvalue weighted by atomic mass is 9.94. The van der Waals surface area contributed by atoms with Gasteiger partial charge in [0.2, 0.25) is 0 Å². The Bertz CT molecular complexity index is 505. The Balaban J connectivity index is 2.00. The number of aryl methyl sites for hydroxylation is 2. The summed E-state index contributed by atoms with van der Waals surface area (Å²) in [4.78, 5) is 18.5. The van der Waals surface area contributed by atoms with Gasteiger partial charge in [-0.2, -0.15) is 0 Å². The summed E-state index contributed by atoms with van der Waals surface area (Å²) in [7, 11) is 0. The maximum atomic E-state index is 11.6. The zero-order valence-corrected chi connectivity index (χ0v) is 11.9. The van der Waals surface area contributed by atoms with Crippen LogP contribution in [0.3, 0.4) is 0 Å². The molecule has 0 bridgehead atoms. The summed E-state index contributed by atoms with van der Waals surface area (Å²) in [6.07, 6.45) is 9.05. The van der Waals surface area contributed by atoms with Crippen molar-refractivity contribution >= 4 is 11.8 Å². The third-order valence-corrected chi connectivity index (χ3v) is 4.42. The highest BCUT2D eigenvalue weighted by Gasteiger charge is 2.23. The van der Waals surface area contributed by atoms with Gasteiger partial charge in [-0.1, -0.05) is 12.8 Å². The fourth-order valence-corrected chi connectivity index (χ4v) is 3.30. The van der Waals surface area contributed by atoms with Crippen molar-refractivity contribution in [2.24, 2.45) is 0 Å². The van der Waals surface area contributed by atoms with Gasteiger partial charge in [0, 0.05) is 18.8 Å². The minimum absolute atomic E-state index is 0.396. The Morgan fingerprint density at radius 1 is 1.05 bits per heavy atom. The fraction of sp³-hybridized carbons (Fsp3) is 0.625. The molecule has 1 fully saturated rings. The van der Waals surface area contributed by atoms with Crippen LogP contribution in [0.15, 0.2) is 6.07 Å². The smallest absolute Gasteiger partial charge is 0.339 e. The SMILES string of the molecule is O=C(O)c1cc2c(nc1N1CCCCCC1)CCCC2. The van der Waals surface area contributed by atoms with Crippen LogP contribution in [0.5, 0.6) is 0 Å². The molecule has 1 aliphatic heterocycles. The molecule has 0 atom stereocenters. The van der Waals surface area contributed by atoms with Gasteiger partial charge in [-0.05, 0) is 50.2 Å². The highest BCUT2D eigenvalue weighted by molar-refractivity contribution is 5.93. The van der Waals surface area contributed by atoms with Crippen molar-refractivity contribution in [3.63, 3.8) is 0 Å². The van der Waals surface area contributed by atoms with Crippen molar-refractivity contribution in [1.29, 1.82) is 0 Å². The van der Waals surface area contributed by atoms with Gasteiger partial charge in [0.1, 0.15) is 11.4 Å². The third-order valence-electron chi connectivity index (χ3n) is 4.42. The number of rotatable bonds is 2. The summed E-state index contributed by atoms with van der Waals surface area (Å²) in [6, 6.07) is 1.88. The van der Waals surface area contributed by atoms with E-state index in [1.165, 1.54) is 19.3 Å². The van der Waals surface area contributed by atoms with Crippen LogP contribution in [0.2, 0.25) is 0 Å². The van der Waals surface area contributed by atoms with E-state index >= 15 is 0 Å². The lowest BCUT2D eigenvalue weighted by molar-refractivity contribution is 0.0697. The molecule has 1 N–H and O–H groups in total. The van der Waals surface area contributed by atoms with Gasteiger partial charge in [-0.3, -0.25) is 0 Å². The molecule has 4 nitrogen and oxygen atoms in total. The van der Waals surface area contributed by atoms with E-state index in [9.17, 15) is 9.90 Å². The molecule has 1 aromatic heterocycles. The lowest BCUT2D eigenvalue weighted by Gasteiger charge is -2.26. The molecule has 3 rings (SSSR count). The maximum Gasteiger partial charge on any atom is 0.339 e. The number of hydrogen-bond donors (Lipinski definition) is 1. The quantitative estimate of drug-likeness (QED) is 0.900. The Morgan fingerprint density at radius 3 is 2.45 bits per heavy atom. The number of carboxylic acids is 1. The molecule has 0 spiro atoms. The van der Waals surface area contributed by atoms with E-state index in [0.717, 1.165) is 56.5 Å². The number of carbonyl (C=O) groups is 1. The largest absolute Gasteiger partial charge is 0.478 e. The predicted octanol–water partition coefficient (Wildman–Crippen LogP) is 3.04. The van der Waals surface area contributed by atoms with Crippen molar-refractivity contribution in [3.8, 4) is 0 Å². The van der Waals surface area contributed by atoms with E-state index in [-0.39, 0.29) is 0 Å². The van der Waals surface area contributed by atoms with Crippen LogP contribution < -0.4 is 4.90 Å². The van der Waals surface area contributed by atoms with Crippen LogP contribution in [0.1, 0.15) is 60.1 Å². The van der Waals surface area contributed by atoms with E-state index in [4.69, 9.17) is 4.98 Å². The molecule has 0 saturated carbocycles. The number of pyridine rings is 1. The fourth-order valence-electron chi connectivity index (χ4n) is 3.30. The second-order valence-corrected chi connectivity index (χ2v) is 5.88. The van der Waals surface area contributed by atoms with E-state index < -0.39 is 5.97 Å². The Morgan fingerprint density at radius 2 is 1.75 bits per heavy atom. The summed E-state index contributed by atoms with van der Waals surface area (Å²) in [5.41, 5.74) is 2.67. The minimum atomic E-state index is -0.842. The molecule has 0 amide bonds. The van der Waals surface area contributed by atoms with Crippen LogP contribution in [-0.4, -0.2) is 29.1 Å². The molecular weight excluding hydrogens is 252 g/mol. The summed E-state index contributed by atoms with van der Waals surface area (Å²) < 4.78 is 0. The van der Waals surface area contributed by atoms with Gasteiger partial charge in [-0.25, -0.2) is 9.78 Å². The summed E-state index contributed by atoms with van der Waals surface area (Å²) >= 11 is 0. The number of hydrogen-bond acceptors (Lipinski definition) is 3. The van der Waals surface area contributed by atoms with Gasteiger partial charge < -0.3 is 10.0 Å². The number of aromatic carboxylic acids is 1. The standard InChI is InChI=1S/C16H22N2O2/c19-16(20)13-11-12-7-3-4-8-14(12)17-15(13)18-9-5-1-2-6-10-18/h11H,1-10H2,(H,19,20). The maximum absolute atomic E-state index is 11.6. The first-order valence-electron chi connectivity index (χ1n) is 7.77. The first-order chi connectivity index (χ1) is 9.75. The van der Waals surface area contributed by atoms with Crippen LogP contribution >= 0.6 is 0 Å². The highest BCUT2D eigenvalue weighted by Crippen LogP contribution is 2.28. The second-order valence-electron chi connectivity index (χ2n) is 5.88. The monoisotopic (exact) mass is 274 g/mol. The number of anilines is 1. The molecule has 1 aromatic rings. The van der Waals surface area contributed by atoms with E-state index in [0.29, 0.717) is 11.4 Å².